The zero-order valence-electron chi connectivity index (χ0n) is 11.9. The van der Waals surface area contributed by atoms with Crippen LogP contribution in [0, 0.1) is 0 Å². The van der Waals surface area contributed by atoms with Crippen LogP contribution in [-0.4, -0.2) is 49.7 Å². The molecule has 0 aromatic carbocycles. The summed E-state index contributed by atoms with van der Waals surface area (Å²) in [4.78, 5) is 17.9. The molecule has 0 spiro atoms. The fraction of sp³-hybridized carbons (Fsp3) is 0.538. The summed E-state index contributed by atoms with van der Waals surface area (Å²) in [6.07, 6.45) is 7.04. The number of nitrogens with zero attached hydrogens (tertiary/aromatic N) is 2. The van der Waals surface area contributed by atoms with Crippen molar-refractivity contribution in [2.24, 2.45) is 0 Å². The molecular weight excluding hydrogens is 292 g/mol. The predicted octanol–water partition coefficient (Wildman–Crippen LogP) is 1.02. The Morgan fingerprint density at radius 3 is 2.95 bits per heavy atom. The van der Waals surface area contributed by atoms with E-state index in [1.807, 2.05) is 0 Å². The number of amides is 2. The lowest BCUT2D eigenvalue weighted by Gasteiger charge is -2.35. The van der Waals surface area contributed by atoms with Crippen molar-refractivity contribution in [2.75, 3.05) is 24.7 Å². The van der Waals surface area contributed by atoms with Crippen LogP contribution in [0.2, 0.25) is 0 Å². The molecule has 8 heteroatoms. The third-order valence-electron chi connectivity index (χ3n) is 3.38. The van der Waals surface area contributed by atoms with Crippen molar-refractivity contribution in [3.8, 4) is 0 Å². The Morgan fingerprint density at radius 1 is 1.48 bits per heavy atom. The van der Waals surface area contributed by atoms with Crippen molar-refractivity contribution in [3.63, 3.8) is 0 Å². The largest absolute Gasteiger partial charge is 0.322 e. The van der Waals surface area contributed by atoms with Crippen molar-refractivity contribution in [3.05, 3.63) is 24.5 Å². The number of carbonyl (C=O) groups is 1. The Balaban J connectivity index is 1.99. The second-order valence-corrected chi connectivity index (χ2v) is 6.97. The molecule has 0 bridgehead atoms. The average molecular weight is 312 g/mol. The van der Waals surface area contributed by atoms with Gasteiger partial charge in [0.1, 0.15) is 0 Å². The lowest BCUT2D eigenvalue weighted by molar-refractivity contribution is 0.164. The molecule has 1 aromatic rings. The highest BCUT2D eigenvalue weighted by molar-refractivity contribution is 7.88. The molecule has 1 saturated heterocycles. The zero-order valence-corrected chi connectivity index (χ0v) is 12.8. The number of pyridine rings is 1. The highest BCUT2D eigenvalue weighted by Gasteiger charge is 2.27. The van der Waals surface area contributed by atoms with Crippen LogP contribution >= 0.6 is 0 Å². The second kappa shape index (κ2) is 6.86. The van der Waals surface area contributed by atoms with E-state index < -0.39 is 10.0 Å². The summed E-state index contributed by atoms with van der Waals surface area (Å²) >= 11 is 0. The van der Waals surface area contributed by atoms with E-state index in [2.05, 4.69) is 15.0 Å². The van der Waals surface area contributed by atoms with E-state index in [0.29, 0.717) is 12.2 Å². The van der Waals surface area contributed by atoms with Gasteiger partial charge in [-0.1, -0.05) is 0 Å². The number of sulfonamides is 1. The number of hydrogen-bond donors (Lipinski definition) is 2. The normalized spacial score (nSPS) is 19.3. The molecule has 21 heavy (non-hydrogen) atoms. The summed E-state index contributed by atoms with van der Waals surface area (Å²) in [7, 11) is -3.25. The first kappa shape index (κ1) is 15.7. The van der Waals surface area contributed by atoms with Crippen LogP contribution < -0.4 is 10.0 Å². The van der Waals surface area contributed by atoms with Gasteiger partial charge in [-0.3, -0.25) is 4.98 Å². The van der Waals surface area contributed by atoms with E-state index in [0.717, 1.165) is 25.5 Å². The number of rotatable bonds is 4. The van der Waals surface area contributed by atoms with Crippen LogP contribution in [0.5, 0.6) is 0 Å². The number of piperidine rings is 1. The van der Waals surface area contributed by atoms with Gasteiger partial charge in [0, 0.05) is 25.3 Å². The van der Waals surface area contributed by atoms with E-state index in [-0.39, 0.29) is 18.6 Å². The number of nitrogens with one attached hydrogen (secondary N) is 2. The summed E-state index contributed by atoms with van der Waals surface area (Å²) in [5, 5.41) is 2.79. The molecule has 116 valence electrons. The van der Waals surface area contributed by atoms with Gasteiger partial charge in [0.25, 0.3) is 0 Å². The van der Waals surface area contributed by atoms with Gasteiger partial charge >= 0.3 is 6.03 Å². The van der Waals surface area contributed by atoms with E-state index in [1.165, 1.54) is 0 Å². The molecule has 1 aromatic heterocycles. The Bertz CT molecular complexity index is 576. The molecule has 0 saturated carbocycles. The first-order valence-electron chi connectivity index (χ1n) is 6.88. The van der Waals surface area contributed by atoms with Gasteiger partial charge in [0.05, 0.1) is 18.1 Å². The van der Waals surface area contributed by atoms with Crippen LogP contribution in [-0.2, 0) is 10.0 Å². The first-order valence-corrected chi connectivity index (χ1v) is 8.77. The van der Waals surface area contributed by atoms with Crippen molar-refractivity contribution < 1.29 is 13.2 Å². The van der Waals surface area contributed by atoms with Gasteiger partial charge in [0.15, 0.2) is 0 Å². The van der Waals surface area contributed by atoms with Gasteiger partial charge in [-0.25, -0.2) is 17.9 Å². The topological polar surface area (TPSA) is 91.4 Å². The number of hydrogen-bond acceptors (Lipinski definition) is 4. The van der Waals surface area contributed by atoms with Crippen molar-refractivity contribution in [2.45, 2.75) is 25.3 Å². The van der Waals surface area contributed by atoms with Gasteiger partial charge in [-0.05, 0) is 31.4 Å². The maximum Gasteiger partial charge on any atom is 0.322 e. The third-order valence-corrected chi connectivity index (χ3v) is 4.07. The average Bonchev–Trinajstić information content (AvgIpc) is 2.46. The highest BCUT2D eigenvalue weighted by atomic mass is 32.2. The monoisotopic (exact) mass is 312 g/mol. The number of aromatic nitrogens is 1. The molecule has 2 heterocycles. The van der Waals surface area contributed by atoms with Crippen LogP contribution in [0.15, 0.2) is 24.5 Å². The van der Waals surface area contributed by atoms with Crippen molar-refractivity contribution >= 4 is 21.7 Å². The summed E-state index contributed by atoms with van der Waals surface area (Å²) in [5.41, 5.74) is 0.628. The molecule has 1 atom stereocenters. The highest BCUT2D eigenvalue weighted by Crippen LogP contribution is 2.18. The van der Waals surface area contributed by atoms with Gasteiger partial charge < -0.3 is 10.2 Å². The molecule has 1 unspecified atom stereocenters. The summed E-state index contributed by atoms with van der Waals surface area (Å²) < 4.78 is 24.9. The molecule has 2 N–H and O–H groups in total. The lowest BCUT2D eigenvalue weighted by atomic mass is 10.0. The van der Waals surface area contributed by atoms with Crippen molar-refractivity contribution in [1.29, 1.82) is 0 Å². The first-order chi connectivity index (χ1) is 9.96. The van der Waals surface area contributed by atoms with E-state index >= 15 is 0 Å². The SMILES string of the molecule is CS(=O)(=O)NCC1CCCCN1C(=O)Nc1cccnc1. The minimum atomic E-state index is -3.25. The van der Waals surface area contributed by atoms with Crippen LogP contribution in [0.1, 0.15) is 19.3 Å². The molecule has 1 aliphatic heterocycles. The van der Waals surface area contributed by atoms with Crippen LogP contribution in [0.4, 0.5) is 10.5 Å². The summed E-state index contributed by atoms with van der Waals surface area (Å²) in [6.45, 7) is 0.876. The maximum absolute atomic E-state index is 12.3. The Kier molecular flexibility index (Phi) is 5.13. The van der Waals surface area contributed by atoms with E-state index in [4.69, 9.17) is 0 Å². The molecule has 1 fully saturated rings. The number of anilines is 1. The van der Waals surface area contributed by atoms with Crippen molar-refractivity contribution in [1.82, 2.24) is 14.6 Å². The number of carbonyl (C=O) groups excluding carboxylic acids is 1. The lowest BCUT2D eigenvalue weighted by Crippen LogP contribution is -2.50. The Hall–Kier alpha value is -1.67. The predicted molar refractivity (Wildman–Crippen MR) is 80.4 cm³/mol. The summed E-state index contributed by atoms with van der Waals surface area (Å²) in [5.74, 6) is 0. The number of urea groups is 1. The molecule has 0 aliphatic carbocycles. The Morgan fingerprint density at radius 2 is 2.29 bits per heavy atom. The minimum Gasteiger partial charge on any atom is -0.320 e. The quantitative estimate of drug-likeness (QED) is 0.868. The van der Waals surface area contributed by atoms with Gasteiger partial charge in [-0.2, -0.15) is 0 Å². The van der Waals surface area contributed by atoms with E-state index in [9.17, 15) is 13.2 Å². The molecule has 2 amide bonds. The third kappa shape index (κ3) is 4.98. The number of likely N-dealkylation sites (tertiary alicyclic amines) is 1. The van der Waals surface area contributed by atoms with Gasteiger partial charge in [0.2, 0.25) is 10.0 Å². The van der Waals surface area contributed by atoms with Crippen LogP contribution in [0.3, 0.4) is 0 Å². The maximum atomic E-state index is 12.3. The molecular formula is C13H20N4O3S. The molecule has 7 nitrogen and oxygen atoms in total. The fourth-order valence-electron chi connectivity index (χ4n) is 2.36. The summed E-state index contributed by atoms with van der Waals surface area (Å²) in [6, 6.07) is 3.17. The van der Waals surface area contributed by atoms with E-state index in [1.54, 1.807) is 29.4 Å². The molecule has 1 aliphatic rings. The van der Waals surface area contributed by atoms with Gasteiger partial charge in [-0.15, -0.1) is 0 Å². The zero-order chi connectivity index (χ0) is 15.3. The fourth-order valence-corrected chi connectivity index (χ4v) is 2.85. The standard InChI is InChI=1S/C13H20N4O3S/c1-21(19,20)15-10-12-6-2-3-8-17(12)13(18)16-11-5-4-7-14-9-11/h4-5,7,9,12,15H,2-3,6,8,10H2,1H3,(H,16,18). The minimum absolute atomic E-state index is 0.120. The molecule has 2 rings (SSSR count). The second-order valence-electron chi connectivity index (χ2n) is 5.14. The molecule has 0 radical (unpaired) electrons. The van der Waals surface area contributed by atoms with Crippen LogP contribution in [0.25, 0.3) is 0 Å². The Labute approximate surface area is 124 Å². The smallest absolute Gasteiger partial charge is 0.320 e.